The van der Waals surface area contributed by atoms with Gasteiger partial charge < -0.3 is 4.74 Å². The number of ether oxygens (including phenoxy) is 1. The Labute approximate surface area is 89.8 Å². The van der Waals surface area contributed by atoms with Crippen LogP contribution in [0, 0.1) is 5.92 Å². The van der Waals surface area contributed by atoms with E-state index in [4.69, 9.17) is 10.6 Å². The van der Waals surface area contributed by atoms with Crippen molar-refractivity contribution in [3.05, 3.63) is 24.0 Å². The molecule has 0 amide bonds. The van der Waals surface area contributed by atoms with Crippen LogP contribution in [0.3, 0.4) is 0 Å². The Morgan fingerprint density at radius 1 is 1.53 bits per heavy atom. The van der Waals surface area contributed by atoms with Crippen LogP contribution in [0.4, 0.5) is 0 Å². The summed E-state index contributed by atoms with van der Waals surface area (Å²) >= 11 is 0. The van der Waals surface area contributed by atoms with Crippen molar-refractivity contribution in [2.45, 2.75) is 25.3 Å². The number of hydrogen-bond acceptors (Lipinski definition) is 4. The zero-order valence-electron chi connectivity index (χ0n) is 8.94. The van der Waals surface area contributed by atoms with E-state index >= 15 is 0 Å². The molecule has 0 aromatic carbocycles. The summed E-state index contributed by atoms with van der Waals surface area (Å²) < 4.78 is 5.15. The SMILES string of the molecule is COc1cncc(C(NN)C2CCC2)c1. The monoisotopic (exact) mass is 207 g/mol. The van der Waals surface area contributed by atoms with Crippen LogP contribution in [0.2, 0.25) is 0 Å². The molecular weight excluding hydrogens is 190 g/mol. The van der Waals surface area contributed by atoms with Crippen molar-refractivity contribution in [3.8, 4) is 5.75 Å². The maximum Gasteiger partial charge on any atom is 0.137 e. The Morgan fingerprint density at radius 3 is 2.87 bits per heavy atom. The topological polar surface area (TPSA) is 60.2 Å². The maximum absolute atomic E-state index is 5.59. The number of hydrogen-bond donors (Lipinski definition) is 2. The van der Waals surface area contributed by atoms with Gasteiger partial charge in [-0.25, -0.2) is 0 Å². The molecule has 0 bridgehead atoms. The quantitative estimate of drug-likeness (QED) is 0.578. The normalized spacial score (nSPS) is 18.3. The van der Waals surface area contributed by atoms with Crippen LogP contribution in [-0.4, -0.2) is 12.1 Å². The summed E-state index contributed by atoms with van der Waals surface area (Å²) in [6, 6.07) is 2.21. The Kier molecular flexibility index (Phi) is 3.18. The summed E-state index contributed by atoms with van der Waals surface area (Å²) in [4.78, 5) is 4.14. The largest absolute Gasteiger partial charge is 0.495 e. The van der Waals surface area contributed by atoms with Gasteiger partial charge in [0.2, 0.25) is 0 Å². The number of hydrazine groups is 1. The van der Waals surface area contributed by atoms with Crippen molar-refractivity contribution in [1.29, 1.82) is 0 Å². The van der Waals surface area contributed by atoms with Crippen molar-refractivity contribution in [2.24, 2.45) is 11.8 Å². The lowest BCUT2D eigenvalue weighted by atomic mass is 9.78. The van der Waals surface area contributed by atoms with Crippen LogP contribution < -0.4 is 16.0 Å². The summed E-state index contributed by atoms with van der Waals surface area (Å²) in [7, 11) is 1.65. The third-order valence-electron chi connectivity index (χ3n) is 3.13. The second kappa shape index (κ2) is 4.59. The number of nitrogens with zero attached hydrogens (tertiary/aromatic N) is 1. The molecule has 2 rings (SSSR count). The van der Waals surface area contributed by atoms with Crippen molar-refractivity contribution in [2.75, 3.05) is 7.11 Å². The zero-order valence-corrected chi connectivity index (χ0v) is 8.94. The summed E-state index contributed by atoms with van der Waals surface area (Å²) in [5.41, 5.74) is 3.99. The summed E-state index contributed by atoms with van der Waals surface area (Å²) in [5, 5.41) is 0. The molecule has 15 heavy (non-hydrogen) atoms. The first-order valence-electron chi connectivity index (χ1n) is 5.30. The Hall–Kier alpha value is -1.13. The van der Waals surface area contributed by atoms with Gasteiger partial charge in [0.1, 0.15) is 5.75 Å². The first-order chi connectivity index (χ1) is 7.35. The van der Waals surface area contributed by atoms with Gasteiger partial charge in [-0.2, -0.15) is 0 Å². The molecule has 1 aliphatic carbocycles. The highest BCUT2D eigenvalue weighted by Crippen LogP contribution is 2.37. The second-order valence-electron chi connectivity index (χ2n) is 3.99. The van der Waals surface area contributed by atoms with Gasteiger partial charge in [0.05, 0.1) is 19.3 Å². The molecule has 1 aliphatic rings. The molecule has 1 unspecified atom stereocenters. The third kappa shape index (κ3) is 2.11. The van der Waals surface area contributed by atoms with Crippen LogP contribution in [-0.2, 0) is 0 Å². The molecule has 1 atom stereocenters. The second-order valence-corrected chi connectivity index (χ2v) is 3.99. The van der Waals surface area contributed by atoms with Gasteiger partial charge in [0, 0.05) is 6.20 Å². The van der Waals surface area contributed by atoms with E-state index in [1.54, 1.807) is 13.3 Å². The highest BCUT2D eigenvalue weighted by Gasteiger charge is 2.27. The molecule has 0 radical (unpaired) electrons. The lowest BCUT2D eigenvalue weighted by Crippen LogP contribution is -2.36. The fourth-order valence-electron chi connectivity index (χ4n) is 1.99. The smallest absolute Gasteiger partial charge is 0.137 e. The molecule has 1 aromatic heterocycles. The number of rotatable bonds is 4. The van der Waals surface area contributed by atoms with E-state index in [1.165, 1.54) is 19.3 Å². The fourth-order valence-corrected chi connectivity index (χ4v) is 1.99. The minimum absolute atomic E-state index is 0.210. The van der Waals surface area contributed by atoms with E-state index < -0.39 is 0 Å². The Balaban J connectivity index is 2.17. The standard InChI is InChI=1S/C11H17N3O/c1-15-10-5-9(6-13-7-10)11(14-12)8-3-2-4-8/h5-8,11,14H,2-4,12H2,1H3. The van der Waals surface area contributed by atoms with Crippen LogP contribution >= 0.6 is 0 Å². The molecule has 1 fully saturated rings. The van der Waals surface area contributed by atoms with E-state index in [1.807, 2.05) is 12.3 Å². The molecule has 3 N–H and O–H groups in total. The number of aromatic nitrogens is 1. The molecule has 4 heteroatoms. The number of nitrogens with two attached hydrogens (primary N) is 1. The van der Waals surface area contributed by atoms with Crippen LogP contribution in [0.1, 0.15) is 30.9 Å². The molecule has 0 aliphatic heterocycles. The maximum atomic E-state index is 5.59. The van der Waals surface area contributed by atoms with Crippen LogP contribution in [0.25, 0.3) is 0 Å². The van der Waals surface area contributed by atoms with E-state index in [9.17, 15) is 0 Å². The van der Waals surface area contributed by atoms with E-state index in [-0.39, 0.29) is 6.04 Å². The fraction of sp³-hybridized carbons (Fsp3) is 0.545. The van der Waals surface area contributed by atoms with Crippen molar-refractivity contribution >= 4 is 0 Å². The Morgan fingerprint density at radius 2 is 2.33 bits per heavy atom. The highest BCUT2D eigenvalue weighted by atomic mass is 16.5. The van der Waals surface area contributed by atoms with Crippen molar-refractivity contribution in [1.82, 2.24) is 10.4 Å². The summed E-state index contributed by atoms with van der Waals surface area (Å²) in [6.07, 6.45) is 7.35. The number of nitrogens with one attached hydrogen (secondary N) is 1. The van der Waals surface area contributed by atoms with Gasteiger partial charge in [-0.15, -0.1) is 0 Å². The van der Waals surface area contributed by atoms with E-state index in [2.05, 4.69) is 10.4 Å². The molecule has 0 spiro atoms. The van der Waals surface area contributed by atoms with Crippen LogP contribution in [0.5, 0.6) is 5.75 Å². The third-order valence-corrected chi connectivity index (χ3v) is 3.13. The predicted octanol–water partition coefficient (Wildman–Crippen LogP) is 1.39. The molecule has 4 nitrogen and oxygen atoms in total. The minimum Gasteiger partial charge on any atom is -0.495 e. The van der Waals surface area contributed by atoms with Gasteiger partial charge in [0.15, 0.2) is 0 Å². The highest BCUT2D eigenvalue weighted by molar-refractivity contribution is 5.26. The van der Waals surface area contributed by atoms with Gasteiger partial charge in [-0.1, -0.05) is 6.42 Å². The first-order valence-corrected chi connectivity index (χ1v) is 5.30. The summed E-state index contributed by atoms with van der Waals surface area (Å²) in [5.74, 6) is 7.01. The van der Waals surface area contributed by atoms with Gasteiger partial charge in [0.25, 0.3) is 0 Å². The van der Waals surface area contributed by atoms with Gasteiger partial charge in [-0.3, -0.25) is 16.3 Å². The molecule has 1 aromatic rings. The van der Waals surface area contributed by atoms with Crippen LogP contribution in [0.15, 0.2) is 18.5 Å². The summed E-state index contributed by atoms with van der Waals surface area (Å²) in [6.45, 7) is 0. The zero-order chi connectivity index (χ0) is 10.7. The molecule has 82 valence electrons. The number of pyridine rings is 1. The lowest BCUT2D eigenvalue weighted by Gasteiger charge is -2.33. The van der Waals surface area contributed by atoms with Crippen molar-refractivity contribution < 1.29 is 4.74 Å². The van der Waals surface area contributed by atoms with Gasteiger partial charge >= 0.3 is 0 Å². The van der Waals surface area contributed by atoms with E-state index in [0.717, 1.165) is 11.3 Å². The molecule has 0 saturated heterocycles. The first kappa shape index (κ1) is 10.4. The molecule has 1 heterocycles. The average Bonchev–Trinajstić information content (AvgIpc) is 2.23. The van der Waals surface area contributed by atoms with Gasteiger partial charge in [-0.05, 0) is 30.4 Å². The molecular formula is C11H17N3O. The minimum atomic E-state index is 0.210. The average molecular weight is 207 g/mol. The number of methoxy groups -OCH3 is 1. The predicted molar refractivity (Wildman–Crippen MR) is 58.2 cm³/mol. The lowest BCUT2D eigenvalue weighted by molar-refractivity contribution is 0.231. The van der Waals surface area contributed by atoms with E-state index in [0.29, 0.717) is 5.92 Å². The Bertz CT molecular complexity index is 325. The molecule has 1 saturated carbocycles. The van der Waals surface area contributed by atoms with Crippen molar-refractivity contribution in [3.63, 3.8) is 0 Å².